The van der Waals surface area contributed by atoms with Crippen molar-refractivity contribution in [1.29, 1.82) is 0 Å². The summed E-state index contributed by atoms with van der Waals surface area (Å²) < 4.78 is 26.4. The van der Waals surface area contributed by atoms with Gasteiger partial charge >= 0.3 is 6.03 Å². The molecule has 2 aromatic carbocycles. The van der Waals surface area contributed by atoms with Gasteiger partial charge in [0.25, 0.3) is 0 Å². The molecule has 0 radical (unpaired) electrons. The van der Waals surface area contributed by atoms with Crippen LogP contribution in [0.25, 0.3) is 0 Å². The van der Waals surface area contributed by atoms with Gasteiger partial charge in [-0.15, -0.1) is 0 Å². The molecule has 0 heterocycles. The van der Waals surface area contributed by atoms with E-state index in [-0.39, 0.29) is 5.69 Å². The topological polar surface area (TPSA) is 61.4 Å². The summed E-state index contributed by atoms with van der Waals surface area (Å²) in [5, 5.41) is 13.9. The molecule has 0 aliphatic carbocycles. The summed E-state index contributed by atoms with van der Waals surface area (Å²) in [5.41, 5.74) is 2.28. The van der Waals surface area contributed by atoms with Crippen LogP contribution in [0.1, 0.15) is 11.1 Å². The van der Waals surface area contributed by atoms with Crippen molar-refractivity contribution in [2.24, 2.45) is 0 Å². The molecule has 0 unspecified atom stereocenters. The molecule has 0 aromatic heterocycles. The number of phenols is 1. The van der Waals surface area contributed by atoms with E-state index in [0.717, 1.165) is 23.3 Å². The number of hydrogen-bond donors (Lipinski definition) is 3. The molecule has 0 aliphatic rings. The number of phenolic OH excluding ortho intramolecular Hbond substituents is 1. The van der Waals surface area contributed by atoms with Crippen molar-refractivity contribution in [2.75, 3.05) is 10.6 Å². The van der Waals surface area contributed by atoms with Gasteiger partial charge in [-0.05, 0) is 25.0 Å². The number of benzene rings is 2. The third-order valence-electron chi connectivity index (χ3n) is 2.99. The van der Waals surface area contributed by atoms with Gasteiger partial charge in [-0.25, -0.2) is 13.6 Å². The maximum Gasteiger partial charge on any atom is 0.323 e. The Hall–Kier alpha value is -2.63. The van der Waals surface area contributed by atoms with Crippen molar-refractivity contribution in [3.8, 4) is 5.75 Å². The molecule has 110 valence electrons. The second-order valence-electron chi connectivity index (χ2n) is 4.63. The number of hydrogen-bond acceptors (Lipinski definition) is 2. The first kappa shape index (κ1) is 14.8. The highest BCUT2D eigenvalue weighted by atomic mass is 19.1. The van der Waals surface area contributed by atoms with E-state index in [2.05, 4.69) is 10.6 Å². The van der Waals surface area contributed by atoms with Crippen molar-refractivity contribution in [1.82, 2.24) is 0 Å². The Morgan fingerprint density at radius 3 is 2.10 bits per heavy atom. The normalized spacial score (nSPS) is 10.3. The second kappa shape index (κ2) is 5.78. The van der Waals surface area contributed by atoms with Gasteiger partial charge in [-0.3, -0.25) is 0 Å². The smallest absolute Gasteiger partial charge is 0.323 e. The van der Waals surface area contributed by atoms with Crippen LogP contribution in [0.5, 0.6) is 5.75 Å². The monoisotopic (exact) mass is 292 g/mol. The zero-order chi connectivity index (χ0) is 15.6. The van der Waals surface area contributed by atoms with E-state index < -0.39 is 23.4 Å². The Kier molecular flexibility index (Phi) is 4.07. The molecule has 2 rings (SSSR count). The molecule has 2 aromatic rings. The molecule has 0 aliphatic heterocycles. The number of nitrogens with one attached hydrogen (secondary N) is 2. The van der Waals surface area contributed by atoms with E-state index >= 15 is 0 Å². The van der Waals surface area contributed by atoms with Gasteiger partial charge in [0.05, 0.1) is 0 Å². The maximum atomic E-state index is 13.2. The fourth-order valence-electron chi connectivity index (χ4n) is 1.93. The Morgan fingerprint density at radius 1 is 1.05 bits per heavy atom. The van der Waals surface area contributed by atoms with Crippen molar-refractivity contribution < 1.29 is 18.7 Å². The third kappa shape index (κ3) is 3.28. The number of carbonyl (C=O) groups is 1. The van der Waals surface area contributed by atoms with E-state index in [9.17, 15) is 13.6 Å². The predicted octanol–water partition coefficient (Wildman–Crippen LogP) is 3.93. The number of aromatic hydroxyl groups is 1. The lowest BCUT2D eigenvalue weighted by molar-refractivity contribution is 0.262. The zero-order valence-corrected chi connectivity index (χ0v) is 11.5. The summed E-state index contributed by atoms with van der Waals surface area (Å²) in [4.78, 5) is 11.9. The summed E-state index contributed by atoms with van der Waals surface area (Å²) in [6.07, 6.45) is 0. The summed E-state index contributed by atoms with van der Waals surface area (Å²) in [5.74, 6) is -3.36. The average molecular weight is 292 g/mol. The van der Waals surface area contributed by atoms with Gasteiger partial charge in [0.15, 0.2) is 17.4 Å². The van der Waals surface area contributed by atoms with Gasteiger partial charge in [0.1, 0.15) is 0 Å². The lowest BCUT2D eigenvalue weighted by Gasteiger charge is -2.12. The van der Waals surface area contributed by atoms with Crippen LogP contribution >= 0.6 is 0 Å². The molecule has 4 nitrogen and oxygen atoms in total. The van der Waals surface area contributed by atoms with Crippen molar-refractivity contribution in [3.63, 3.8) is 0 Å². The SMILES string of the molecule is Cc1cccc(C)c1NC(=O)Nc1cc(F)c(O)c(F)c1. The number of aryl methyl sites for hydroxylation is 2. The van der Waals surface area contributed by atoms with Crippen LogP contribution in [-0.4, -0.2) is 11.1 Å². The maximum absolute atomic E-state index is 13.2. The van der Waals surface area contributed by atoms with E-state index in [1.54, 1.807) is 0 Å². The Bertz CT molecular complexity index is 659. The number of rotatable bonds is 2. The quantitative estimate of drug-likeness (QED) is 0.734. The van der Waals surface area contributed by atoms with E-state index in [0.29, 0.717) is 5.69 Å². The molecular formula is C15H14F2N2O2. The van der Waals surface area contributed by atoms with Crippen LogP contribution in [-0.2, 0) is 0 Å². The highest BCUT2D eigenvalue weighted by molar-refractivity contribution is 6.00. The number of urea groups is 1. The molecule has 0 spiro atoms. The highest BCUT2D eigenvalue weighted by Gasteiger charge is 2.12. The first-order valence-corrected chi connectivity index (χ1v) is 6.20. The number of anilines is 2. The molecule has 2 amide bonds. The van der Waals surface area contributed by atoms with E-state index in [4.69, 9.17) is 5.11 Å². The Morgan fingerprint density at radius 2 is 1.57 bits per heavy atom. The number of halogens is 2. The Labute approximate surface area is 120 Å². The number of carbonyl (C=O) groups excluding carboxylic acids is 1. The molecule has 6 heteroatoms. The highest BCUT2D eigenvalue weighted by Crippen LogP contribution is 2.24. The molecule has 21 heavy (non-hydrogen) atoms. The standard InChI is InChI=1S/C15H14F2N2O2/c1-8-4-3-5-9(2)13(8)19-15(21)18-10-6-11(16)14(20)12(17)7-10/h3-7,20H,1-2H3,(H2,18,19,21). The average Bonchev–Trinajstić information content (AvgIpc) is 2.40. The van der Waals surface area contributed by atoms with Crippen LogP contribution < -0.4 is 10.6 Å². The zero-order valence-electron chi connectivity index (χ0n) is 11.5. The first-order valence-electron chi connectivity index (χ1n) is 6.20. The van der Waals surface area contributed by atoms with Crippen LogP contribution in [0.4, 0.5) is 25.0 Å². The third-order valence-corrected chi connectivity index (χ3v) is 2.99. The number of para-hydroxylation sites is 1. The minimum atomic E-state index is -1.14. The first-order chi connectivity index (χ1) is 9.88. The minimum Gasteiger partial charge on any atom is -0.503 e. The molecule has 0 fully saturated rings. The molecular weight excluding hydrogens is 278 g/mol. The summed E-state index contributed by atoms with van der Waals surface area (Å²) >= 11 is 0. The molecule has 0 saturated heterocycles. The predicted molar refractivity (Wildman–Crippen MR) is 76.6 cm³/mol. The van der Waals surface area contributed by atoms with Gasteiger partial charge in [-0.1, -0.05) is 18.2 Å². The van der Waals surface area contributed by atoms with E-state index in [1.165, 1.54) is 0 Å². The van der Waals surface area contributed by atoms with Crippen LogP contribution in [0.3, 0.4) is 0 Å². The summed E-state index contributed by atoms with van der Waals surface area (Å²) in [6.45, 7) is 3.67. The lowest BCUT2D eigenvalue weighted by atomic mass is 10.1. The van der Waals surface area contributed by atoms with Crippen molar-refractivity contribution >= 4 is 17.4 Å². The van der Waals surface area contributed by atoms with Crippen molar-refractivity contribution in [3.05, 3.63) is 53.1 Å². The van der Waals surface area contributed by atoms with Gasteiger partial charge in [-0.2, -0.15) is 0 Å². The molecule has 0 saturated carbocycles. The molecule has 0 atom stereocenters. The lowest BCUT2D eigenvalue weighted by Crippen LogP contribution is -2.20. The van der Waals surface area contributed by atoms with Gasteiger partial charge in [0, 0.05) is 23.5 Å². The second-order valence-corrected chi connectivity index (χ2v) is 4.63. The summed E-state index contributed by atoms with van der Waals surface area (Å²) in [7, 11) is 0. The Balaban J connectivity index is 2.16. The minimum absolute atomic E-state index is 0.0912. The molecule has 0 bridgehead atoms. The van der Waals surface area contributed by atoms with Crippen LogP contribution in [0.15, 0.2) is 30.3 Å². The van der Waals surface area contributed by atoms with Gasteiger partial charge < -0.3 is 15.7 Å². The van der Waals surface area contributed by atoms with Crippen molar-refractivity contribution in [2.45, 2.75) is 13.8 Å². The fourth-order valence-corrected chi connectivity index (χ4v) is 1.93. The van der Waals surface area contributed by atoms with Gasteiger partial charge in [0.2, 0.25) is 0 Å². The van der Waals surface area contributed by atoms with Crippen LogP contribution in [0, 0.1) is 25.5 Å². The largest absolute Gasteiger partial charge is 0.503 e. The fraction of sp³-hybridized carbons (Fsp3) is 0.133. The summed E-state index contributed by atoms with van der Waals surface area (Å²) in [6, 6.07) is 6.58. The van der Waals surface area contributed by atoms with E-state index in [1.807, 2.05) is 32.0 Å². The number of amides is 2. The van der Waals surface area contributed by atoms with Crippen LogP contribution in [0.2, 0.25) is 0 Å². The molecule has 3 N–H and O–H groups in total.